The molecule has 1 aromatic carbocycles. The number of hydrogen-bond acceptors (Lipinski definition) is 4. The average molecular weight is 414 g/mol. The van der Waals surface area contributed by atoms with Gasteiger partial charge in [-0.15, -0.1) is 0 Å². The minimum Gasteiger partial charge on any atom is -0.353 e. The van der Waals surface area contributed by atoms with E-state index in [0.29, 0.717) is 38.2 Å². The van der Waals surface area contributed by atoms with E-state index in [4.69, 9.17) is 9.97 Å². The van der Waals surface area contributed by atoms with Crippen molar-refractivity contribution in [3.05, 3.63) is 52.7 Å². The maximum absolute atomic E-state index is 14.4. The number of carbonyl (C=O) groups excluding carboxylic acids is 1. The summed E-state index contributed by atoms with van der Waals surface area (Å²) in [4.78, 5) is 27.7. The van der Waals surface area contributed by atoms with Crippen LogP contribution < -0.4 is 4.90 Å². The van der Waals surface area contributed by atoms with Gasteiger partial charge in [0, 0.05) is 63.9 Å². The second-order valence-corrected chi connectivity index (χ2v) is 8.20. The molecule has 7 heteroatoms. The molecule has 0 spiro atoms. The third kappa shape index (κ3) is 4.71. The van der Waals surface area contributed by atoms with Crippen LogP contribution in [-0.4, -0.2) is 66.1 Å². The predicted octanol–water partition coefficient (Wildman–Crippen LogP) is 3.83. The third-order valence-corrected chi connectivity index (χ3v) is 5.82. The summed E-state index contributed by atoms with van der Waals surface area (Å²) in [7, 11) is 3.54. The van der Waals surface area contributed by atoms with Gasteiger partial charge < -0.3 is 14.7 Å². The molecule has 0 radical (unpaired) electrons. The van der Waals surface area contributed by atoms with Gasteiger partial charge in [-0.25, -0.2) is 19.2 Å². The number of carbonyl (C=O) groups is 1. The lowest BCUT2D eigenvalue weighted by atomic mass is 10.0. The normalized spacial score (nSPS) is 15.3. The molecule has 0 N–H and O–H groups in total. The van der Waals surface area contributed by atoms with Crippen LogP contribution in [0.1, 0.15) is 48.8 Å². The van der Waals surface area contributed by atoms with Crippen LogP contribution in [0.5, 0.6) is 0 Å². The van der Waals surface area contributed by atoms with E-state index in [-0.39, 0.29) is 17.8 Å². The van der Waals surface area contributed by atoms with E-state index in [9.17, 15) is 9.18 Å². The first-order valence-electron chi connectivity index (χ1n) is 10.6. The van der Waals surface area contributed by atoms with Gasteiger partial charge in [0.2, 0.25) is 0 Å². The van der Waals surface area contributed by atoms with E-state index in [0.717, 1.165) is 29.3 Å². The number of urea groups is 1. The SMILES string of the molecule is CC[C@H](C)c1nc(C)c(Cc2ccccc2F)c(N2CCN(C(=O)N(C)C)CC2)n1. The van der Waals surface area contributed by atoms with Crippen LogP contribution in [0.2, 0.25) is 0 Å². The molecule has 30 heavy (non-hydrogen) atoms. The molecule has 2 amide bonds. The Labute approximate surface area is 178 Å². The van der Waals surface area contributed by atoms with Crippen molar-refractivity contribution < 1.29 is 9.18 Å². The van der Waals surface area contributed by atoms with Crippen LogP contribution in [0.25, 0.3) is 0 Å². The van der Waals surface area contributed by atoms with Gasteiger partial charge in [-0.2, -0.15) is 0 Å². The topological polar surface area (TPSA) is 52.6 Å². The van der Waals surface area contributed by atoms with Gasteiger partial charge in [0.1, 0.15) is 17.5 Å². The van der Waals surface area contributed by atoms with Crippen LogP contribution in [0, 0.1) is 12.7 Å². The molecule has 1 aromatic heterocycles. The summed E-state index contributed by atoms with van der Waals surface area (Å²) in [5, 5.41) is 0. The summed E-state index contributed by atoms with van der Waals surface area (Å²) in [6.07, 6.45) is 1.40. The predicted molar refractivity (Wildman–Crippen MR) is 118 cm³/mol. The fraction of sp³-hybridized carbons (Fsp3) is 0.522. The van der Waals surface area contributed by atoms with Crippen molar-refractivity contribution in [1.82, 2.24) is 19.8 Å². The Bertz CT molecular complexity index is 893. The molecule has 0 unspecified atom stereocenters. The van der Waals surface area contributed by atoms with Crippen molar-refractivity contribution in [3.63, 3.8) is 0 Å². The molecule has 0 bridgehead atoms. The molecule has 162 valence electrons. The molecule has 0 aliphatic carbocycles. The minimum absolute atomic E-state index is 0.0281. The van der Waals surface area contributed by atoms with Gasteiger partial charge in [-0.1, -0.05) is 32.0 Å². The molecule has 1 aliphatic rings. The fourth-order valence-corrected chi connectivity index (χ4v) is 3.70. The molecule has 6 nitrogen and oxygen atoms in total. The number of piperazine rings is 1. The van der Waals surface area contributed by atoms with E-state index in [1.807, 2.05) is 24.0 Å². The van der Waals surface area contributed by atoms with Gasteiger partial charge >= 0.3 is 6.03 Å². The van der Waals surface area contributed by atoms with E-state index in [1.165, 1.54) is 6.07 Å². The smallest absolute Gasteiger partial charge is 0.319 e. The summed E-state index contributed by atoms with van der Waals surface area (Å²) in [6, 6.07) is 6.89. The molecule has 1 aliphatic heterocycles. The van der Waals surface area contributed by atoms with Gasteiger partial charge in [-0.05, 0) is 25.0 Å². The Morgan fingerprint density at radius 2 is 1.83 bits per heavy atom. The van der Waals surface area contributed by atoms with Crippen molar-refractivity contribution in [2.45, 2.75) is 39.5 Å². The second-order valence-electron chi connectivity index (χ2n) is 8.20. The molecule has 0 saturated carbocycles. The van der Waals surface area contributed by atoms with Crippen molar-refractivity contribution in [2.24, 2.45) is 0 Å². The van der Waals surface area contributed by atoms with Gasteiger partial charge in [-0.3, -0.25) is 0 Å². The Balaban J connectivity index is 1.94. The Morgan fingerprint density at radius 1 is 1.17 bits per heavy atom. The lowest BCUT2D eigenvalue weighted by molar-refractivity contribution is 0.168. The number of nitrogens with zero attached hydrogens (tertiary/aromatic N) is 5. The van der Waals surface area contributed by atoms with Crippen LogP contribution in [-0.2, 0) is 6.42 Å². The zero-order chi connectivity index (χ0) is 21.8. The van der Waals surface area contributed by atoms with Gasteiger partial charge in [0.25, 0.3) is 0 Å². The highest BCUT2D eigenvalue weighted by Crippen LogP contribution is 2.28. The van der Waals surface area contributed by atoms with E-state index >= 15 is 0 Å². The van der Waals surface area contributed by atoms with Crippen molar-refractivity contribution in [1.29, 1.82) is 0 Å². The zero-order valence-corrected chi connectivity index (χ0v) is 18.7. The molecule has 1 saturated heterocycles. The molecule has 3 rings (SSSR count). The lowest BCUT2D eigenvalue weighted by Gasteiger charge is -2.37. The number of aromatic nitrogens is 2. The van der Waals surface area contributed by atoms with E-state index in [2.05, 4.69) is 18.7 Å². The Morgan fingerprint density at radius 3 is 2.43 bits per heavy atom. The number of anilines is 1. The molecule has 1 fully saturated rings. The number of rotatable bonds is 5. The minimum atomic E-state index is -0.213. The number of aryl methyl sites for hydroxylation is 1. The zero-order valence-electron chi connectivity index (χ0n) is 18.7. The maximum atomic E-state index is 14.4. The van der Waals surface area contributed by atoms with Gasteiger partial charge in [0.05, 0.1) is 0 Å². The van der Waals surface area contributed by atoms with Crippen molar-refractivity contribution >= 4 is 11.8 Å². The summed E-state index contributed by atoms with van der Waals surface area (Å²) in [6.45, 7) is 8.90. The molecular formula is C23H32FN5O. The molecule has 2 aromatic rings. The number of hydrogen-bond donors (Lipinski definition) is 0. The number of amides is 2. The summed E-state index contributed by atoms with van der Waals surface area (Å²) in [5.74, 6) is 1.74. The van der Waals surface area contributed by atoms with Crippen LogP contribution in [0.3, 0.4) is 0 Å². The molecule has 2 heterocycles. The maximum Gasteiger partial charge on any atom is 0.319 e. The van der Waals surface area contributed by atoms with Gasteiger partial charge in [0.15, 0.2) is 0 Å². The van der Waals surface area contributed by atoms with E-state index in [1.54, 1.807) is 25.1 Å². The second kappa shape index (κ2) is 9.41. The van der Waals surface area contributed by atoms with Crippen molar-refractivity contribution in [2.75, 3.05) is 45.2 Å². The quantitative estimate of drug-likeness (QED) is 0.748. The monoisotopic (exact) mass is 413 g/mol. The summed E-state index contributed by atoms with van der Waals surface area (Å²) in [5.41, 5.74) is 2.49. The highest BCUT2D eigenvalue weighted by atomic mass is 19.1. The van der Waals surface area contributed by atoms with Crippen molar-refractivity contribution in [3.8, 4) is 0 Å². The van der Waals surface area contributed by atoms with Crippen LogP contribution in [0.4, 0.5) is 15.0 Å². The highest BCUT2D eigenvalue weighted by Gasteiger charge is 2.26. The largest absolute Gasteiger partial charge is 0.353 e. The third-order valence-electron chi connectivity index (χ3n) is 5.82. The number of benzene rings is 1. The van der Waals surface area contributed by atoms with Crippen LogP contribution in [0.15, 0.2) is 24.3 Å². The average Bonchev–Trinajstić information content (AvgIpc) is 2.75. The lowest BCUT2D eigenvalue weighted by Crippen LogP contribution is -2.52. The Kier molecular flexibility index (Phi) is 6.90. The Hall–Kier alpha value is -2.70. The first-order chi connectivity index (χ1) is 14.3. The number of halogens is 1. The first kappa shape index (κ1) is 22.0. The molecular weight excluding hydrogens is 381 g/mol. The summed E-state index contributed by atoms with van der Waals surface area (Å²) < 4.78 is 14.4. The summed E-state index contributed by atoms with van der Waals surface area (Å²) >= 11 is 0. The van der Waals surface area contributed by atoms with E-state index < -0.39 is 0 Å². The molecule has 1 atom stereocenters. The fourth-order valence-electron chi connectivity index (χ4n) is 3.70. The highest BCUT2D eigenvalue weighted by molar-refractivity contribution is 5.74. The first-order valence-corrected chi connectivity index (χ1v) is 10.6. The van der Waals surface area contributed by atoms with Crippen LogP contribution >= 0.6 is 0 Å². The standard InChI is InChI=1S/C23H32FN5O/c1-6-16(2)21-25-17(3)19(15-18-9-7-8-10-20(18)24)22(26-21)28-11-13-29(14-12-28)23(30)27(4)5/h7-10,16H,6,11-15H2,1-5H3/t16-/m0/s1.